The Bertz CT molecular complexity index is 1320. The Kier molecular flexibility index (Phi) is 5.09. The maximum Gasteiger partial charge on any atom is 0.243 e. The lowest BCUT2D eigenvalue weighted by molar-refractivity contribution is 0.581. The van der Waals surface area contributed by atoms with Gasteiger partial charge in [-0.2, -0.15) is 5.10 Å². The summed E-state index contributed by atoms with van der Waals surface area (Å²) in [6.45, 7) is 1.06. The summed E-state index contributed by atoms with van der Waals surface area (Å²) in [5.74, 6) is 0.681. The third-order valence-corrected chi connectivity index (χ3v) is 6.90. The first-order valence-electron chi connectivity index (χ1n) is 10.3. The van der Waals surface area contributed by atoms with Gasteiger partial charge in [-0.3, -0.25) is 4.68 Å². The van der Waals surface area contributed by atoms with Crippen molar-refractivity contribution in [1.82, 2.24) is 23.9 Å². The van der Waals surface area contributed by atoms with Crippen LogP contribution in [0.4, 0.5) is 0 Å². The molecule has 1 aliphatic carbocycles. The second kappa shape index (κ2) is 7.92. The van der Waals surface area contributed by atoms with Crippen LogP contribution < -0.4 is 10.5 Å². The zero-order chi connectivity index (χ0) is 21.4. The first-order chi connectivity index (χ1) is 15.0. The van der Waals surface area contributed by atoms with Crippen LogP contribution in [0.2, 0.25) is 0 Å². The number of nitrogens with zero attached hydrogens (tertiary/aromatic N) is 4. The molecule has 5 rings (SSSR count). The number of fused-ring (bicyclic) bond motifs is 1. The molecule has 1 fully saturated rings. The largest absolute Gasteiger partial charge is 0.326 e. The normalized spacial score (nSPS) is 14.4. The average Bonchev–Trinajstić information content (AvgIpc) is 3.38. The van der Waals surface area contributed by atoms with Gasteiger partial charge in [-0.25, -0.2) is 18.1 Å². The van der Waals surface area contributed by atoms with Crippen molar-refractivity contribution in [3.05, 3.63) is 83.6 Å². The summed E-state index contributed by atoms with van der Waals surface area (Å²) in [6, 6.07) is 11.7. The minimum atomic E-state index is -3.66. The molecule has 3 heterocycles. The SMILES string of the molecule is NCc1ccc(CNS(=O)(=O)c2cnn(Cc3cn4cc(C5CC5)ccc4n3)c2)cc1. The lowest BCUT2D eigenvalue weighted by Gasteiger charge is -2.05. The van der Waals surface area contributed by atoms with Crippen LogP contribution in [-0.2, 0) is 29.7 Å². The molecule has 4 aromatic rings. The van der Waals surface area contributed by atoms with Gasteiger partial charge in [-0.15, -0.1) is 0 Å². The predicted octanol–water partition coefficient (Wildman–Crippen LogP) is 2.39. The molecule has 3 N–H and O–H groups in total. The molecule has 0 bridgehead atoms. The Balaban J connectivity index is 1.26. The monoisotopic (exact) mass is 436 g/mol. The zero-order valence-electron chi connectivity index (χ0n) is 17.0. The molecule has 1 aromatic carbocycles. The highest BCUT2D eigenvalue weighted by Gasteiger charge is 2.23. The van der Waals surface area contributed by atoms with Crippen LogP contribution in [-0.4, -0.2) is 27.6 Å². The number of hydrogen-bond acceptors (Lipinski definition) is 5. The Hall–Kier alpha value is -3.01. The highest BCUT2D eigenvalue weighted by atomic mass is 32.2. The van der Waals surface area contributed by atoms with E-state index in [4.69, 9.17) is 5.73 Å². The van der Waals surface area contributed by atoms with Crippen LogP contribution >= 0.6 is 0 Å². The molecular weight excluding hydrogens is 412 g/mol. The van der Waals surface area contributed by atoms with Gasteiger partial charge < -0.3 is 10.1 Å². The van der Waals surface area contributed by atoms with Gasteiger partial charge in [0, 0.05) is 31.7 Å². The number of benzene rings is 1. The lowest BCUT2D eigenvalue weighted by Crippen LogP contribution is -2.22. The second-order valence-electron chi connectivity index (χ2n) is 7.95. The third-order valence-electron chi connectivity index (χ3n) is 5.54. The van der Waals surface area contributed by atoms with Crippen LogP contribution in [0.5, 0.6) is 0 Å². The van der Waals surface area contributed by atoms with E-state index < -0.39 is 10.0 Å². The molecule has 3 aromatic heterocycles. The number of pyridine rings is 1. The summed E-state index contributed by atoms with van der Waals surface area (Å²) in [6.07, 6.45) is 9.50. The first-order valence-corrected chi connectivity index (χ1v) is 11.8. The van der Waals surface area contributed by atoms with Gasteiger partial charge in [0.25, 0.3) is 0 Å². The Morgan fingerprint density at radius 3 is 2.55 bits per heavy atom. The van der Waals surface area contributed by atoms with Crippen LogP contribution in [0, 0.1) is 0 Å². The van der Waals surface area contributed by atoms with Gasteiger partial charge >= 0.3 is 0 Å². The van der Waals surface area contributed by atoms with Gasteiger partial charge in [-0.05, 0) is 41.5 Å². The molecule has 31 heavy (non-hydrogen) atoms. The van der Waals surface area contributed by atoms with E-state index in [2.05, 4.69) is 27.1 Å². The van der Waals surface area contributed by atoms with Crippen molar-refractivity contribution < 1.29 is 8.42 Å². The number of nitrogens with one attached hydrogen (secondary N) is 1. The summed E-state index contributed by atoms with van der Waals surface area (Å²) in [5.41, 5.74) is 10.5. The van der Waals surface area contributed by atoms with E-state index in [1.165, 1.54) is 30.8 Å². The Labute approximate surface area is 180 Å². The number of sulfonamides is 1. The number of aromatic nitrogens is 4. The number of nitrogens with two attached hydrogens (primary N) is 1. The van der Waals surface area contributed by atoms with Gasteiger partial charge in [0.1, 0.15) is 10.5 Å². The maximum atomic E-state index is 12.6. The van der Waals surface area contributed by atoms with E-state index in [1.807, 2.05) is 40.9 Å². The minimum absolute atomic E-state index is 0.130. The molecule has 0 amide bonds. The van der Waals surface area contributed by atoms with E-state index in [1.54, 1.807) is 4.68 Å². The predicted molar refractivity (Wildman–Crippen MR) is 117 cm³/mol. The van der Waals surface area contributed by atoms with Crippen molar-refractivity contribution in [2.24, 2.45) is 5.73 Å². The van der Waals surface area contributed by atoms with Crippen LogP contribution in [0.1, 0.15) is 41.1 Å². The molecule has 0 spiro atoms. The molecule has 8 nitrogen and oxygen atoms in total. The third kappa shape index (κ3) is 4.39. The van der Waals surface area contributed by atoms with Crippen LogP contribution in [0.3, 0.4) is 0 Å². The Morgan fingerprint density at radius 1 is 1.03 bits per heavy atom. The topological polar surface area (TPSA) is 107 Å². The summed E-state index contributed by atoms with van der Waals surface area (Å²) in [5, 5.41) is 4.22. The summed E-state index contributed by atoms with van der Waals surface area (Å²) < 4.78 is 31.5. The lowest BCUT2D eigenvalue weighted by atomic mass is 10.1. The smallest absolute Gasteiger partial charge is 0.243 e. The second-order valence-corrected chi connectivity index (χ2v) is 9.72. The summed E-state index contributed by atoms with van der Waals surface area (Å²) >= 11 is 0. The van der Waals surface area contributed by atoms with Gasteiger partial charge in [0.05, 0.1) is 18.4 Å². The summed E-state index contributed by atoms with van der Waals surface area (Å²) in [7, 11) is -3.66. The zero-order valence-corrected chi connectivity index (χ0v) is 17.8. The molecule has 0 unspecified atom stereocenters. The van der Waals surface area contributed by atoms with Crippen LogP contribution in [0.25, 0.3) is 5.65 Å². The van der Waals surface area contributed by atoms with Crippen molar-refractivity contribution in [1.29, 1.82) is 0 Å². The quantitative estimate of drug-likeness (QED) is 0.441. The molecular formula is C22H24N6O2S. The van der Waals surface area contributed by atoms with E-state index in [-0.39, 0.29) is 11.4 Å². The standard InChI is InChI=1S/C22H24N6O2S/c23-9-16-1-3-17(4-2-16)10-25-31(29,30)21-11-24-28(15-21)14-20-13-27-12-19(18-5-6-18)7-8-22(27)26-20/h1-4,7-8,11-13,15,18,25H,5-6,9-10,14,23H2. The Morgan fingerprint density at radius 2 is 1.81 bits per heavy atom. The number of imidazole rings is 1. The molecule has 1 saturated carbocycles. The fourth-order valence-corrected chi connectivity index (χ4v) is 4.56. The van der Waals surface area contributed by atoms with E-state index in [9.17, 15) is 8.42 Å². The van der Waals surface area contributed by atoms with E-state index in [0.29, 0.717) is 19.0 Å². The first kappa shape index (κ1) is 19.9. The highest BCUT2D eigenvalue weighted by molar-refractivity contribution is 7.89. The minimum Gasteiger partial charge on any atom is -0.326 e. The molecule has 160 valence electrons. The van der Waals surface area contributed by atoms with Crippen LogP contribution in [0.15, 0.2) is 66.1 Å². The maximum absolute atomic E-state index is 12.6. The van der Waals surface area contributed by atoms with Gasteiger partial charge in [0.15, 0.2) is 0 Å². The van der Waals surface area contributed by atoms with Crippen molar-refractivity contribution >= 4 is 15.7 Å². The van der Waals surface area contributed by atoms with E-state index in [0.717, 1.165) is 22.5 Å². The number of hydrogen-bond donors (Lipinski definition) is 2. The van der Waals surface area contributed by atoms with E-state index >= 15 is 0 Å². The fourth-order valence-electron chi connectivity index (χ4n) is 3.59. The highest BCUT2D eigenvalue weighted by Crippen LogP contribution is 2.39. The van der Waals surface area contributed by atoms with Gasteiger partial charge in [-0.1, -0.05) is 30.3 Å². The molecule has 0 saturated heterocycles. The van der Waals surface area contributed by atoms with Crippen molar-refractivity contribution in [2.45, 2.75) is 43.3 Å². The molecule has 9 heteroatoms. The fraction of sp³-hybridized carbons (Fsp3) is 0.273. The van der Waals surface area contributed by atoms with Gasteiger partial charge in [0.2, 0.25) is 10.0 Å². The van der Waals surface area contributed by atoms with Crippen molar-refractivity contribution in [3.8, 4) is 0 Å². The molecule has 0 atom stereocenters. The molecule has 0 radical (unpaired) electrons. The average molecular weight is 437 g/mol. The number of rotatable bonds is 8. The molecule has 1 aliphatic rings. The van der Waals surface area contributed by atoms with Crippen molar-refractivity contribution in [3.63, 3.8) is 0 Å². The van der Waals surface area contributed by atoms with Crippen molar-refractivity contribution in [2.75, 3.05) is 0 Å². The summed E-state index contributed by atoms with van der Waals surface area (Å²) in [4.78, 5) is 4.75. The molecule has 0 aliphatic heterocycles.